The van der Waals surface area contributed by atoms with Crippen LogP contribution in [0.2, 0.25) is 0 Å². The molecule has 0 N–H and O–H groups in total. The maximum atomic E-state index is 13.4. The maximum Gasteiger partial charge on any atom is 0.416 e. The number of carbonyl (C=O) groups is 1. The number of carbonyl (C=O) groups excluding carboxylic acids is 1. The third-order valence-corrected chi connectivity index (χ3v) is 10.1. The molecule has 0 radical (unpaired) electrons. The van der Waals surface area contributed by atoms with Gasteiger partial charge in [0.25, 0.3) is 5.91 Å². The van der Waals surface area contributed by atoms with Crippen LogP contribution >= 0.6 is 0 Å². The Morgan fingerprint density at radius 1 is 0.842 bits per heavy atom. The van der Waals surface area contributed by atoms with Crippen molar-refractivity contribution in [2.24, 2.45) is 35.5 Å². The van der Waals surface area contributed by atoms with E-state index in [1.807, 2.05) is 12.1 Å². The van der Waals surface area contributed by atoms with Gasteiger partial charge in [0.2, 0.25) is 0 Å². The lowest BCUT2D eigenvalue weighted by Crippen LogP contribution is -2.37. The summed E-state index contributed by atoms with van der Waals surface area (Å²) in [5, 5.41) is 0. The summed E-state index contributed by atoms with van der Waals surface area (Å²) in [6, 6.07) is 9.47. The van der Waals surface area contributed by atoms with Crippen LogP contribution in [0.1, 0.15) is 59.6 Å². The van der Waals surface area contributed by atoms with Crippen LogP contribution in [0.15, 0.2) is 54.7 Å². The number of amides is 1. The van der Waals surface area contributed by atoms with Crippen molar-refractivity contribution in [2.75, 3.05) is 31.1 Å². The first-order valence-electron chi connectivity index (χ1n) is 14.2. The van der Waals surface area contributed by atoms with Crippen LogP contribution in [0.3, 0.4) is 0 Å². The summed E-state index contributed by atoms with van der Waals surface area (Å²) >= 11 is 0. The molecular formula is C31H34F3N3O. The first-order chi connectivity index (χ1) is 18.4. The van der Waals surface area contributed by atoms with Gasteiger partial charge in [-0.05, 0) is 97.6 Å². The van der Waals surface area contributed by atoms with E-state index >= 15 is 0 Å². The summed E-state index contributed by atoms with van der Waals surface area (Å²) in [5.74, 6) is 4.75. The Bertz CT molecular complexity index is 1200. The van der Waals surface area contributed by atoms with Crippen molar-refractivity contribution in [3.05, 3.63) is 71.6 Å². The van der Waals surface area contributed by atoms with Crippen LogP contribution in [-0.2, 0) is 6.18 Å². The van der Waals surface area contributed by atoms with Crippen molar-refractivity contribution >= 4 is 11.6 Å². The van der Waals surface area contributed by atoms with Crippen LogP contribution in [-0.4, -0.2) is 42.0 Å². The van der Waals surface area contributed by atoms with Crippen molar-refractivity contribution in [2.45, 2.75) is 44.2 Å². The molecule has 0 spiro atoms. The Morgan fingerprint density at radius 2 is 1.55 bits per heavy atom. The molecule has 4 aliphatic carbocycles. The number of hydrogen-bond donors (Lipinski definition) is 0. The predicted octanol–water partition coefficient (Wildman–Crippen LogP) is 6.40. The molecule has 200 valence electrons. The number of benzene rings is 1. The van der Waals surface area contributed by atoms with Crippen LogP contribution in [0.25, 0.3) is 0 Å². The molecule has 7 unspecified atom stereocenters. The van der Waals surface area contributed by atoms with Gasteiger partial charge >= 0.3 is 6.18 Å². The number of anilines is 1. The maximum absolute atomic E-state index is 13.4. The Balaban J connectivity index is 0.991. The van der Waals surface area contributed by atoms with Crippen molar-refractivity contribution in [3.8, 4) is 0 Å². The molecule has 2 aliphatic heterocycles. The van der Waals surface area contributed by atoms with E-state index in [-0.39, 0.29) is 11.8 Å². The molecule has 7 heteroatoms. The largest absolute Gasteiger partial charge is 0.416 e. The average molecular weight is 522 g/mol. The van der Waals surface area contributed by atoms with Crippen molar-refractivity contribution in [1.29, 1.82) is 0 Å². The fourth-order valence-electron chi connectivity index (χ4n) is 8.05. The van der Waals surface area contributed by atoms with Crippen LogP contribution < -0.4 is 4.90 Å². The van der Waals surface area contributed by atoms with Gasteiger partial charge < -0.3 is 9.80 Å². The summed E-state index contributed by atoms with van der Waals surface area (Å²) in [6.45, 7) is 3.37. The summed E-state index contributed by atoms with van der Waals surface area (Å²) in [6.07, 6.45) is 7.67. The lowest BCUT2D eigenvalue weighted by Gasteiger charge is -2.40. The lowest BCUT2D eigenvalue weighted by molar-refractivity contribution is -0.137. The SMILES string of the molecule is O=C(c1ccc(C2CCCCN(c3ccc(C(F)(F)F)cc3)CC2)nc1)N1CC2C3C=CC(C4CC34)C2C1. The number of likely N-dealkylation sites (tertiary alicyclic amines) is 1. The minimum Gasteiger partial charge on any atom is -0.372 e. The van der Waals surface area contributed by atoms with Gasteiger partial charge in [-0.2, -0.15) is 13.2 Å². The zero-order valence-corrected chi connectivity index (χ0v) is 21.5. The number of rotatable bonds is 3. The topological polar surface area (TPSA) is 36.4 Å². The second-order valence-corrected chi connectivity index (χ2v) is 12.1. The second kappa shape index (κ2) is 9.13. The van der Waals surface area contributed by atoms with Gasteiger partial charge in [0, 0.05) is 49.7 Å². The van der Waals surface area contributed by atoms with Crippen LogP contribution in [0.5, 0.6) is 0 Å². The molecule has 7 atom stereocenters. The molecule has 1 aromatic heterocycles. The predicted molar refractivity (Wildman–Crippen MR) is 140 cm³/mol. The van der Waals surface area contributed by atoms with Gasteiger partial charge in [-0.3, -0.25) is 9.78 Å². The van der Waals surface area contributed by atoms with E-state index in [0.717, 1.165) is 75.1 Å². The standard InChI is InChI=1S/C31H34F3N3O/c32-31(33,34)21-5-7-22(8-6-21)36-13-2-1-3-19(12-14-36)29-11-4-20(16-35-29)30(38)37-17-27-23-9-10-24(28(27)18-37)26-15-25(23)26/h4-11,16,19,23-28H,1-3,12-15,17-18H2. The third kappa shape index (κ3) is 4.22. The normalized spacial score (nSPS) is 33.9. The molecule has 8 rings (SSSR count). The van der Waals surface area contributed by atoms with Gasteiger partial charge in [-0.1, -0.05) is 18.6 Å². The summed E-state index contributed by atoms with van der Waals surface area (Å²) < 4.78 is 38.9. The van der Waals surface area contributed by atoms with E-state index < -0.39 is 11.7 Å². The Labute approximate surface area is 221 Å². The first kappa shape index (κ1) is 24.2. The summed E-state index contributed by atoms with van der Waals surface area (Å²) in [5.41, 5.74) is 1.90. The van der Waals surface area contributed by atoms with E-state index in [0.29, 0.717) is 29.2 Å². The number of aromatic nitrogens is 1. The van der Waals surface area contributed by atoms with Gasteiger partial charge in [-0.25, -0.2) is 0 Å². The highest BCUT2D eigenvalue weighted by Gasteiger charge is 2.61. The Kier molecular flexibility index (Phi) is 5.82. The monoisotopic (exact) mass is 521 g/mol. The molecule has 4 fully saturated rings. The number of halogens is 3. The highest BCUT2D eigenvalue weighted by molar-refractivity contribution is 5.94. The highest BCUT2D eigenvalue weighted by atomic mass is 19.4. The molecular weight excluding hydrogens is 487 g/mol. The van der Waals surface area contributed by atoms with Crippen LogP contribution in [0, 0.1) is 35.5 Å². The smallest absolute Gasteiger partial charge is 0.372 e. The fourth-order valence-corrected chi connectivity index (χ4v) is 8.05. The molecule has 2 saturated carbocycles. The van der Waals surface area contributed by atoms with Crippen molar-refractivity contribution < 1.29 is 18.0 Å². The number of pyridine rings is 1. The summed E-state index contributed by atoms with van der Waals surface area (Å²) in [4.78, 5) is 22.4. The van der Waals surface area contributed by atoms with Crippen molar-refractivity contribution in [3.63, 3.8) is 0 Å². The Morgan fingerprint density at radius 3 is 2.18 bits per heavy atom. The fraction of sp³-hybridized carbons (Fsp3) is 0.548. The third-order valence-electron chi connectivity index (χ3n) is 10.1. The van der Waals surface area contributed by atoms with Crippen LogP contribution in [0.4, 0.5) is 18.9 Å². The highest BCUT2D eigenvalue weighted by Crippen LogP contribution is 2.64. The van der Waals surface area contributed by atoms with E-state index in [9.17, 15) is 18.0 Å². The minimum atomic E-state index is -4.32. The number of nitrogens with zero attached hydrogens (tertiary/aromatic N) is 3. The minimum absolute atomic E-state index is 0.109. The molecule has 2 bridgehead atoms. The zero-order chi connectivity index (χ0) is 26.0. The molecule has 1 aromatic carbocycles. The summed E-state index contributed by atoms with van der Waals surface area (Å²) in [7, 11) is 0. The zero-order valence-electron chi connectivity index (χ0n) is 21.5. The van der Waals surface area contributed by atoms with Gasteiger partial charge in [0.05, 0.1) is 11.1 Å². The van der Waals surface area contributed by atoms with Gasteiger partial charge in [0.15, 0.2) is 0 Å². The van der Waals surface area contributed by atoms with E-state index in [4.69, 9.17) is 4.98 Å². The lowest BCUT2D eigenvalue weighted by atomic mass is 9.64. The molecule has 2 saturated heterocycles. The average Bonchev–Trinajstić information content (AvgIpc) is 3.60. The number of allylic oxidation sites excluding steroid dienone is 2. The Hall–Kier alpha value is -2.83. The molecule has 4 nitrogen and oxygen atoms in total. The molecule has 3 heterocycles. The molecule has 38 heavy (non-hydrogen) atoms. The second-order valence-electron chi connectivity index (χ2n) is 12.1. The molecule has 2 aromatic rings. The van der Waals surface area contributed by atoms with E-state index in [1.165, 1.54) is 18.6 Å². The van der Waals surface area contributed by atoms with E-state index in [2.05, 4.69) is 22.0 Å². The van der Waals surface area contributed by atoms with Gasteiger partial charge in [0.1, 0.15) is 0 Å². The first-order valence-corrected chi connectivity index (χ1v) is 14.2. The molecule has 1 amide bonds. The number of alkyl halides is 3. The quantitative estimate of drug-likeness (QED) is 0.439. The number of hydrogen-bond acceptors (Lipinski definition) is 3. The molecule has 6 aliphatic rings. The van der Waals surface area contributed by atoms with Crippen molar-refractivity contribution in [1.82, 2.24) is 9.88 Å². The van der Waals surface area contributed by atoms with Gasteiger partial charge in [-0.15, -0.1) is 0 Å². The van der Waals surface area contributed by atoms with E-state index in [1.54, 1.807) is 18.3 Å².